The van der Waals surface area contributed by atoms with Crippen LogP contribution in [0.15, 0.2) is 158 Å². The molecule has 0 aliphatic rings. The summed E-state index contributed by atoms with van der Waals surface area (Å²) in [4.78, 5) is 2.38. The molecule has 0 aliphatic carbocycles. The van der Waals surface area contributed by atoms with Crippen LogP contribution in [-0.2, 0) is 0 Å². The van der Waals surface area contributed by atoms with Crippen LogP contribution in [0.25, 0.3) is 58.4 Å². The molecule has 0 spiro atoms. The number of thiophene rings is 1. The summed E-state index contributed by atoms with van der Waals surface area (Å²) in [5.41, 5.74) is 6.97. The molecule has 0 unspecified atom stereocenters. The van der Waals surface area contributed by atoms with Crippen LogP contribution in [0.2, 0.25) is 0 Å². The van der Waals surface area contributed by atoms with E-state index in [2.05, 4.69) is 167 Å². The number of para-hydroxylation sites is 3. The van der Waals surface area contributed by atoms with Gasteiger partial charge in [0, 0.05) is 53.7 Å². The predicted molar refractivity (Wildman–Crippen MR) is 186 cm³/mol. The third kappa shape index (κ3) is 3.86. The molecule has 0 atom stereocenters. The monoisotopic (exact) mass is 566 g/mol. The van der Waals surface area contributed by atoms with Gasteiger partial charge in [0.15, 0.2) is 0 Å². The maximum Gasteiger partial charge on any atom is 0.0561 e. The fraction of sp³-hybridized carbons (Fsp3) is 0. The van der Waals surface area contributed by atoms with Gasteiger partial charge in [-0.25, -0.2) is 0 Å². The zero-order valence-corrected chi connectivity index (χ0v) is 24.1. The third-order valence-corrected chi connectivity index (χ3v) is 9.66. The Balaban J connectivity index is 1.27. The van der Waals surface area contributed by atoms with Gasteiger partial charge in [0.2, 0.25) is 0 Å². The summed E-state index contributed by atoms with van der Waals surface area (Å²) in [5.74, 6) is 0. The molecule has 0 N–H and O–H groups in total. The van der Waals surface area contributed by atoms with E-state index in [1.165, 1.54) is 52.8 Å². The number of fused-ring (bicyclic) bond motifs is 7. The van der Waals surface area contributed by atoms with Crippen molar-refractivity contribution in [2.75, 3.05) is 4.90 Å². The Labute approximate surface area is 253 Å². The van der Waals surface area contributed by atoms with Gasteiger partial charge in [-0.3, -0.25) is 0 Å². The third-order valence-electron chi connectivity index (χ3n) is 8.52. The molecule has 0 bridgehead atoms. The first kappa shape index (κ1) is 24.2. The highest BCUT2D eigenvalue weighted by Gasteiger charge is 2.18. The van der Waals surface area contributed by atoms with E-state index >= 15 is 0 Å². The maximum atomic E-state index is 2.38. The fourth-order valence-electron chi connectivity index (χ4n) is 6.57. The summed E-state index contributed by atoms with van der Waals surface area (Å²) in [6.07, 6.45) is 0. The smallest absolute Gasteiger partial charge is 0.0561 e. The standard InChI is InChI=1S/C40H26N2S/c1-3-11-29(12-4-1)41(31-20-19-27-24-36-35-16-8-10-18-39(35)43-40(36)25-28(27)23-31)32-21-22-34-33-15-7-9-17-37(33)42(38(34)26-32)30-13-5-2-6-14-30/h1-26H. The molecule has 202 valence electrons. The van der Waals surface area contributed by atoms with Crippen molar-refractivity contribution in [2.45, 2.75) is 0 Å². The topological polar surface area (TPSA) is 8.17 Å². The number of benzene rings is 7. The Morgan fingerprint density at radius 1 is 0.395 bits per heavy atom. The summed E-state index contributed by atoms with van der Waals surface area (Å²) < 4.78 is 5.04. The molecule has 3 heteroatoms. The van der Waals surface area contributed by atoms with Gasteiger partial charge >= 0.3 is 0 Å². The molecule has 7 aromatic carbocycles. The van der Waals surface area contributed by atoms with E-state index in [-0.39, 0.29) is 0 Å². The van der Waals surface area contributed by atoms with E-state index in [0.29, 0.717) is 0 Å². The van der Waals surface area contributed by atoms with Gasteiger partial charge in [-0.15, -0.1) is 11.3 Å². The molecule has 43 heavy (non-hydrogen) atoms. The zero-order valence-electron chi connectivity index (χ0n) is 23.3. The van der Waals surface area contributed by atoms with Crippen LogP contribution in [0.4, 0.5) is 17.1 Å². The van der Waals surface area contributed by atoms with Gasteiger partial charge in [0.25, 0.3) is 0 Å². The van der Waals surface area contributed by atoms with Crippen LogP contribution in [-0.4, -0.2) is 4.57 Å². The largest absolute Gasteiger partial charge is 0.310 e. The van der Waals surface area contributed by atoms with Gasteiger partial charge in [0.05, 0.1) is 11.0 Å². The average Bonchev–Trinajstić information content (AvgIpc) is 3.59. The zero-order chi connectivity index (χ0) is 28.3. The Bertz CT molecular complexity index is 2450. The molecule has 0 saturated carbocycles. The number of nitrogens with zero attached hydrogens (tertiary/aromatic N) is 2. The minimum atomic E-state index is 1.13. The first-order chi connectivity index (χ1) is 21.3. The second kappa shape index (κ2) is 9.59. The minimum absolute atomic E-state index is 1.13. The van der Waals surface area contributed by atoms with Crippen molar-refractivity contribution in [3.63, 3.8) is 0 Å². The lowest BCUT2D eigenvalue weighted by Gasteiger charge is -2.26. The van der Waals surface area contributed by atoms with E-state index in [1.807, 2.05) is 11.3 Å². The lowest BCUT2D eigenvalue weighted by molar-refractivity contribution is 1.18. The molecule has 0 amide bonds. The van der Waals surface area contributed by atoms with Crippen molar-refractivity contribution in [1.29, 1.82) is 0 Å². The van der Waals surface area contributed by atoms with Gasteiger partial charge in [-0.05, 0) is 83.6 Å². The Morgan fingerprint density at radius 3 is 1.93 bits per heavy atom. The molecule has 0 saturated heterocycles. The first-order valence-corrected chi connectivity index (χ1v) is 15.4. The highest BCUT2D eigenvalue weighted by Crippen LogP contribution is 2.42. The molecular formula is C40H26N2S. The number of hydrogen-bond acceptors (Lipinski definition) is 2. The van der Waals surface area contributed by atoms with Crippen molar-refractivity contribution in [3.8, 4) is 5.69 Å². The molecule has 2 nitrogen and oxygen atoms in total. The number of hydrogen-bond donors (Lipinski definition) is 0. The molecule has 0 aliphatic heterocycles. The van der Waals surface area contributed by atoms with E-state index in [1.54, 1.807) is 0 Å². The van der Waals surface area contributed by atoms with Crippen LogP contribution in [0.1, 0.15) is 0 Å². The molecule has 0 fully saturated rings. The highest BCUT2D eigenvalue weighted by atomic mass is 32.1. The van der Waals surface area contributed by atoms with Crippen LogP contribution in [0, 0.1) is 0 Å². The quantitative estimate of drug-likeness (QED) is 0.206. The van der Waals surface area contributed by atoms with Gasteiger partial charge < -0.3 is 9.47 Å². The lowest BCUT2D eigenvalue weighted by atomic mass is 10.0. The summed E-state index contributed by atoms with van der Waals surface area (Å²) in [6, 6.07) is 57.2. The molecule has 9 aromatic rings. The lowest BCUT2D eigenvalue weighted by Crippen LogP contribution is -2.10. The van der Waals surface area contributed by atoms with Crippen LogP contribution < -0.4 is 4.90 Å². The summed E-state index contributed by atoms with van der Waals surface area (Å²) >= 11 is 1.87. The minimum Gasteiger partial charge on any atom is -0.310 e. The molecule has 9 rings (SSSR count). The molecular weight excluding hydrogens is 541 g/mol. The Hall–Kier alpha value is -5.38. The Morgan fingerprint density at radius 2 is 1.07 bits per heavy atom. The summed E-state index contributed by atoms with van der Waals surface area (Å²) in [7, 11) is 0. The van der Waals surface area contributed by atoms with E-state index in [9.17, 15) is 0 Å². The van der Waals surface area contributed by atoms with Gasteiger partial charge in [-0.1, -0.05) is 84.9 Å². The molecule has 0 radical (unpaired) electrons. The van der Waals surface area contributed by atoms with Crippen molar-refractivity contribution in [3.05, 3.63) is 158 Å². The van der Waals surface area contributed by atoms with Crippen molar-refractivity contribution in [1.82, 2.24) is 4.57 Å². The fourth-order valence-corrected chi connectivity index (χ4v) is 7.71. The number of aromatic nitrogens is 1. The second-order valence-corrected chi connectivity index (χ2v) is 12.1. The molecule has 2 aromatic heterocycles. The van der Waals surface area contributed by atoms with E-state index in [4.69, 9.17) is 0 Å². The second-order valence-electron chi connectivity index (χ2n) is 11.0. The normalized spacial score (nSPS) is 11.7. The number of anilines is 3. The van der Waals surface area contributed by atoms with E-state index in [0.717, 1.165) is 22.7 Å². The average molecular weight is 567 g/mol. The predicted octanol–water partition coefficient (Wildman–Crippen LogP) is 11.8. The summed E-state index contributed by atoms with van der Waals surface area (Å²) in [6.45, 7) is 0. The van der Waals surface area contributed by atoms with E-state index < -0.39 is 0 Å². The highest BCUT2D eigenvalue weighted by molar-refractivity contribution is 7.25. The van der Waals surface area contributed by atoms with Crippen LogP contribution in [0.5, 0.6) is 0 Å². The first-order valence-electron chi connectivity index (χ1n) is 14.6. The van der Waals surface area contributed by atoms with Gasteiger partial charge in [0.1, 0.15) is 0 Å². The van der Waals surface area contributed by atoms with Crippen LogP contribution in [0.3, 0.4) is 0 Å². The Kier molecular flexibility index (Phi) is 5.40. The molecule has 2 heterocycles. The van der Waals surface area contributed by atoms with Crippen LogP contribution >= 0.6 is 11.3 Å². The van der Waals surface area contributed by atoms with Crippen molar-refractivity contribution >= 4 is 81.1 Å². The maximum absolute atomic E-state index is 2.38. The van der Waals surface area contributed by atoms with Crippen molar-refractivity contribution in [2.24, 2.45) is 0 Å². The SMILES string of the molecule is c1ccc(N(c2ccc3cc4c(cc3c2)sc2ccccc24)c2ccc3c4ccccc4n(-c4ccccc4)c3c2)cc1. The summed E-state index contributed by atoms with van der Waals surface area (Å²) in [5, 5.41) is 7.69. The van der Waals surface area contributed by atoms with Gasteiger partial charge in [-0.2, -0.15) is 0 Å². The number of rotatable bonds is 4. The van der Waals surface area contributed by atoms with Crippen molar-refractivity contribution < 1.29 is 0 Å².